The van der Waals surface area contributed by atoms with E-state index in [1.54, 1.807) is 0 Å². The highest BCUT2D eigenvalue weighted by atomic mass is 16.3. The summed E-state index contributed by atoms with van der Waals surface area (Å²) < 4.78 is 0. The standard InChI is InChI=1S/C17H32O2/c1-16-11-7-5-3-2-4-6-9-15(16)10-13-17(16,19)12-8-14-18/h15,18-19H,2-14H2,1H3/t15?,16-,17?/m0/s1. The molecule has 0 aromatic heterocycles. The lowest BCUT2D eigenvalue weighted by Crippen LogP contribution is -2.45. The summed E-state index contributed by atoms with van der Waals surface area (Å²) in [4.78, 5) is 0. The van der Waals surface area contributed by atoms with Crippen LogP contribution in [-0.4, -0.2) is 22.4 Å². The van der Waals surface area contributed by atoms with Gasteiger partial charge in [-0.2, -0.15) is 0 Å². The van der Waals surface area contributed by atoms with Crippen LogP contribution in [0.2, 0.25) is 0 Å². The van der Waals surface area contributed by atoms with Gasteiger partial charge in [-0.15, -0.1) is 0 Å². The van der Waals surface area contributed by atoms with Crippen molar-refractivity contribution >= 4 is 0 Å². The topological polar surface area (TPSA) is 40.5 Å². The van der Waals surface area contributed by atoms with E-state index < -0.39 is 5.60 Å². The highest BCUT2D eigenvalue weighted by Gasteiger charge is 2.54. The maximum absolute atomic E-state index is 11.1. The smallest absolute Gasteiger partial charge is 0.0704 e. The Hall–Kier alpha value is -0.0800. The van der Waals surface area contributed by atoms with Gasteiger partial charge < -0.3 is 10.2 Å². The molecule has 2 saturated carbocycles. The van der Waals surface area contributed by atoms with Gasteiger partial charge in [-0.25, -0.2) is 0 Å². The Morgan fingerprint density at radius 3 is 2.37 bits per heavy atom. The molecule has 2 unspecified atom stereocenters. The van der Waals surface area contributed by atoms with E-state index in [0.717, 1.165) is 19.3 Å². The lowest BCUT2D eigenvalue weighted by atomic mass is 9.64. The second-order valence-electron chi connectivity index (χ2n) is 7.17. The molecule has 0 radical (unpaired) electrons. The molecule has 0 bridgehead atoms. The molecule has 0 amide bonds. The summed E-state index contributed by atoms with van der Waals surface area (Å²) in [5, 5.41) is 20.2. The van der Waals surface area contributed by atoms with E-state index in [2.05, 4.69) is 6.92 Å². The number of hydrogen-bond donors (Lipinski definition) is 2. The number of rotatable bonds is 3. The third kappa shape index (κ3) is 3.16. The molecule has 0 aliphatic heterocycles. The van der Waals surface area contributed by atoms with Crippen LogP contribution in [0.25, 0.3) is 0 Å². The minimum absolute atomic E-state index is 0.0967. The Bertz CT molecular complexity index is 278. The molecule has 2 nitrogen and oxygen atoms in total. The SMILES string of the molecule is C[C@]12CCCCCCCCC1CCC2(O)CCCO. The summed E-state index contributed by atoms with van der Waals surface area (Å²) in [7, 11) is 0. The molecule has 3 atom stereocenters. The van der Waals surface area contributed by atoms with Crippen molar-refractivity contribution in [3.8, 4) is 0 Å². The number of fused-ring (bicyclic) bond motifs is 1. The number of hydrogen-bond acceptors (Lipinski definition) is 2. The van der Waals surface area contributed by atoms with Crippen molar-refractivity contribution in [1.29, 1.82) is 0 Å². The molecule has 112 valence electrons. The molecular formula is C17H32O2. The molecule has 0 heterocycles. The minimum atomic E-state index is -0.514. The first-order chi connectivity index (χ1) is 9.12. The molecule has 0 aromatic carbocycles. The van der Waals surface area contributed by atoms with Gasteiger partial charge in [-0.05, 0) is 49.9 Å². The number of aliphatic hydroxyl groups excluding tert-OH is 1. The molecule has 0 aromatic rings. The maximum Gasteiger partial charge on any atom is 0.0704 e. The zero-order valence-electron chi connectivity index (χ0n) is 12.7. The second-order valence-corrected chi connectivity index (χ2v) is 7.17. The van der Waals surface area contributed by atoms with Gasteiger partial charge >= 0.3 is 0 Å². The normalized spacial score (nSPS) is 40.9. The van der Waals surface area contributed by atoms with Crippen molar-refractivity contribution in [2.45, 2.75) is 89.6 Å². The van der Waals surface area contributed by atoms with E-state index in [1.165, 1.54) is 57.8 Å². The lowest BCUT2D eigenvalue weighted by Gasteiger charge is -2.44. The van der Waals surface area contributed by atoms with Gasteiger partial charge in [-0.1, -0.05) is 45.4 Å². The van der Waals surface area contributed by atoms with Crippen LogP contribution in [0.1, 0.15) is 84.0 Å². The highest BCUT2D eigenvalue weighted by Crippen LogP contribution is 2.57. The molecule has 2 N–H and O–H groups in total. The van der Waals surface area contributed by atoms with Crippen LogP contribution in [0.5, 0.6) is 0 Å². The Labute approximate surface area is 118 Å². The van der Waals surface area contributed by atoms with E-state index in [1.807, 2.05) is 0 Å². The van der Waals surface area contributed by atoms with Crippen LogP contribution in [0.3, 0.4) is 0 Å². The first kappa shape index (κ1) is 15.3. The van der Waals surface area contributed by atoms with Crippen molar-refractivity contribution in [2.24, 2.45) is 11.3 Å². The van der Waals surface area contributed by atoms with Gasteiger partial charge in [0.2, 0.25) is 0 Å². The summed E-state index contributed by atoms with van der Waals surface area (Å²) in [6, 6.07) is 0. The summed E-state index contributed by atoms with van der Waals surface area (Å²) >= 11 is 0. The molecule has 0 saturated heterocycles. The largest absolute Gasteiger partial charge is 0.396 e. The zero-order chi connectivity index (χ0) is 13.8. The molecule has 2 heteroatoms. The first-order valence-electron chi connectivity index (χ1n) is 8.46. The fourth-order valence-electron chi connectivity index (χ4n) is 4.67. The first-order valence-corrected chi connectivity index (χ1v) is 8.46. The molecule has 19 heavy (non-hydrogen) atoms. The van der Waals surface area contributed by atoms with Crippen LogP contribution >= 0.6 is 0 Å². The third-order valence-corrected chi connectivity index (χ3v) is 6.12. The Morgan fingerprint density at radius 2 is 1.63 bits per heavy atom. The lowest BCUT2D eigenvalue weighted by molar-refractivity contribution is -0.0852. The van der Waals surface area contributed by atoms with E-state index in [4.69, 9.17) is 5.11 Å². The van der Waals surface area contributed by atoms with Crippen LogP contribution in [-0.2, 0) is 0 Å². The molecular weight excluding hydrogens is 236 g/mol. The van der Waals surface area contributed by atoms with Crippen molar-refractivity contribution in [3.63, 3.8) is 0 Å². The van der Waals surface area contributed by atoms with E-state index in [-0.39, 0.29) is 12.0 Å². The van der Waals surface area contributed by atoms with Crippen LogP contribution < -0.4 is 0 Å². The summed E-state index contributed by atoms with van der Waals surface area (Å²) in [5.74, 6) is 0.703. The summed E-state index contributed by atoms with van der Waals surface area (Å²) in [6.07, 6.45) is 14.3. The fraction of sp³-hybridized carbons (Fsp3) is 1.00. The van der Waals surface area contributed by atoms with E-state index in [9.17, 15) is 5.11 Å². The Balaban J connectivity index is 2.10. The van der Waals surface area contributed by atoms with Crippen molar-refractivity contribution in [1.82, 2.24) is 0 Å². The average Bonchev–Trinajstić information content (AvgIpc) is 2.65. The zero-order valence-corrected chi connectivity index (χ0v) is 12.7. The van der Waals surface area contributed by atoms with Gasteiger partial charge in [0.1, 0.15) is 0 Å². The summed E-state index contributed by atoms with van der Waals surface area (Å²) in [5.41, 5.74) is -0.418. The van der Waals surface area contributed by atoms with Crippen LogP contribution in [0, 0.1) is 11.3 Å². The molecule has 2 fully saturated rings. The fourth-order valence-corrected chi connectivity index (χ4v) is 4.67. The average molecular weight is 268 g/mol. The maximum atomic E-state index is 11.1. The summed E-state index contributed by atoms with van der Waals surface area (Å²) in [6.45, 7) is 2.55. The van der Waals surface area contributed by atoms with E-state index >= 15 is 0 Å². The van der Waals surface area contributed by atoms with E-state index in [0.29, 0.717) is 5.92 Å². The Morgan fingerprint density at radius 1 is 0.947 bits per heavy atom. The highest BCUT2D eigenvalue weighted by molar-refractivity contribution is 5.05. The minimum Gasteiger partial charge on any atom is -0.396 e. The van der Waals surface area contributed by atoms with Gasteiger partial charge in [0.05, 0.1) is 5.60 Å². The van der Waals surface area contributed by atoms with Gasteiger partial charge in [0.25, 0.3) is 0 Å². The van der Waals surface area contributed by atoms with Crippen LogP contribution in [0.4, 0.5) is 0 Å². The third-order valence-electron chi connectivity index (χ3n) is 6.12. The predicted octanol–water partition coefficient (Wildman–Crippen LogP) is 4.04. The van der Waals surface area contributed by atoms with Crippen LogP contribution in [0.15, 0.2) is 0 Å². The van der Waals surface area contributed by atoms with Crippen molar-refractivity contribution < 1.29 is 10.2 Å². The number of aliphatic hydroxyl groups is 2. The van der Waals surface area contributed by atoms with Crippen molar-refractivity contribution in [2.75, 3.05) is 6.61 Å². The second kappa shape index (κ2) is 6.58. The molecule has 2 rings (SSSR count). The molecule has 0 spiro atoms. The van der Waals surface area contributed by atoms with Gasteiger partial charge in [0.15, 0.2) is 0 Å². The van der Waals surface area contributed by atoms with Gasteiger partial charge in [-0.3, -0.25) is 0 Å². The Kier molecular flexibility index (Phi) is 5.30. The monoisotopic (exact) mass is 268 g/mol. The van der Waals surface area contributed by atoms with Gasteiger partial charge in [0, 0.05) is 6.61 Å². The quantitative estimate of drug-likeness (QED) is 0.811. The molecule has 2 aliphatic carbocycles. The van der Waals surface area contributed by atoms with Crippen molar-refractivity contribution in [3.05, 3.63) is 0 Å². The predicted molar refractivity (Wildman–Crippen MR) is 79.0 cm³/mol. The molecule has 2 aliphatic rings.